The molecule has 32 heavy (non-hydrogen) atoms. The highest BCUT2D eigenvalue weighted by Crippen LogP contribution is 2.30. The van der Waals surface area contributed by atoms with Crippen LogP contribution >= 0.6 is 11.6 Å². The maximum atomic E-state index is 6.61. The number of pyridine rings is 1. The number of hydrogen-bond acceptors (Lipinski definition) is 7. The third-order valence-corrected chi connectivity index (χ3v) is 5.99. The number of methoxy groups -OCH3 is 1. The predicted octanol–water partition coefficient (Wildman–Crippen LogP) is 3.95. The number of piperazine rings is 1. The Morgan fingerprint density at radius 3 is 2.53 bits per heavy atom. The van der Waals surface area contributed by atoms with Crippen LogP contribution in [0.1, 0.15) is 0 Å². The minimum absolute atomic E-state index is 0.486. The fourth-order valence-corrected chi connectivity index (χ4v) is 4.15. The van der Waals surface area contributed by atoms with Crippen molar-refractivity contribution in [1.82, 2.24) is 24.5 Å². The van der Waals surface area contributed by atoms with E-state index in [1.165, 1.54) is 0 Å². The van der Waals surface area contributed by atoms with Gasteiger partial charge >= 0.3 is 0 Å². The van der Waals surface area contributed by atoms with Gasteiger partial charge in [0.25, 0.3) is 0 Å². The number of anilines is 3. The van der Waals surface area contributed by atoms with Crippen LogP contribution in [0.25, 0.3) is 16.8 Å². The zero-order valence-electron chi connectivity index (χ0n) is 18.0. The molecule has 1 saturated heterocycles. The number of benzene rings is 1. The van der Waals surface area contributed by atoms with E-state index in [1.807, 2.05) is 40.9 Å². The number of halogens is 1. The quantitative estimate of drug-likeness (QED) is 0.494. The van der Waals surface area contributed by atoms with E-state index in [0.717, 1.165) is 54.3 Å². The molecule has 0 amide bonds. The Morgan fingerprint density at radius 1 is 0.969 bits per heavy atom. The number of fused-ring (bicyclic) bond motifs is 1. The van der Waals surface area contributed by atoms with Gasteiger partial charge in [-0.05, 0) is 43.4 Å². The smallest absolute Gasteiger partial charge is 0.245 e. The average Bonchev–Trinajstić information content (AvgIpc) is 3.23. The van der Waals surface area contributed by atoms with Crippen LogP contribution in [0.2, 0.25) is 5.02 Å². The molecule has 4 aromatic rings. The Bertz CT molecular complexity index is 1230. The van der Waals surface area contributed by atoms with E-state index in [-0.39, 0.29) is 0 Å². The fraction of sp³-hybridized carbons (Fsp3) is 0.261. The van der Waals surface area contributed by atoms with Crippen LogP contribution in [0.4, 0.5) is 17.3 Å². The van der Waals surface area contributed by atoms with E-state index >= 15 is 0 Å². The Kier molecular flexibility index (Phi) is 5.55. The molecule has 9 heteroatoms. The molecule has 3 aromatic heterocycles. The van der Waals surface area contributed by atoms with Gasteiger partial charge in [0, 0.05) is 49.7 Å². The van der Waals surface area contributed by atoms with Gasteiger partial charge in [-0.25, -0.2) is 14.5 Å². The highest BCUT2D eigenvalue weighted by molar-refractivity contribution is 6.33. The zero-order chi connectivity index (χ0) is 22.1. The lowest BCUT2D eigenvalue weighted by atomic mass is 10.2. The number of likely N-dealkylation sites (N-methyl/N-ethyl adjacent to an activating group) is 1. The van der Waals surface area contributed by atoms with Crippen molar-refractivity contribution in [3.05, 3.63) is 59.9 Å². The first-order chi connectivity index (χ1) is 15.6. The van der Waals surface area contributed by atoms with E-state index < -0.39 is 0 Å². The molecule has 1 fully saturated rings. The number of hydrogen-bond donors (Lipinski definition) is 1. The minimum Gasteiger partial charge on any atom is -0.481 e. The molecule has 4 heterocycles. The Labute approximate surface area is 191 Å². The summed E-state index contributed by atoms with van der Waals surface area (Å²) < 4.78 is 7.00. The second-order valence-electron chi connectivity index (χ2n) is 7.81. The number of rotatable bonds is 5. The summed E-state index contributed by atoms with van der Waals surface area (Å²) in [6.07, 6.45) is 3.56. The van der Waals surface area contributed by atoms with Crippen molar-refractivity contribution < 1.29 is 4.74 Å². The van der Waals surface area contributed by atoms with Gasteiger partial charge in [0.1, 0.15) is 0 Å². The van der Waals surface area contributed by atoms with Gasteiger partial charge in [0.15, 0.2) is 0 Å². The normalized spacial score (nSPS) is 14.7. The van der Waals surface area contributed by atoms with Gasteiger partial charge < -0.3 is 19.9 Å². The summed E-state index contributed by atoms with van der Waals surface area (Å²) in [7, 11) is 3.74. The van der Waals surface area contributed by atoms with Crippen LogP contribution < -0.4 is 15.0 Å². The topological polar surface area (TPSA) is 70.8 Å². The van der Waals surface area contributed by atoms with Crippen molar-refractivity contribution in [3.63, 3.8) is 0 Å². The first-order valence-corrected chi connectivity index (χ1v) is 10.8. The van der Waals surface area contributed by atoms with Crippen LogP contribution in [0.3, 0.4) is 0 Å². The van der Waals surface area contributed by atoms with Crippen LogP contribution in [-0.4, -0.2) is 64.8 Å². The van der Waals surface area contributed by atoms with Crippen LogP contribution in [0, 0.1) is 0 Å². The maximum Gasteiger partial charge on any atom is 0.245 e. The molecule has 0 aliphatic carbocycles. The molecule has 0 atom stereocenters. The van der Waals surface area contributed by atoms with Crippen molar-refractivity contribution in [1.29, 1.82) is 0 Å². The highest BCUT2D eigenvalue weighted by atomic mass is 35.5. The molecular weight excluding hydrogens is 426 g/mol. The van der Waals surface area contributed by atoms with Crippen molar-refractivity contribution in [2.24, 2.45) is 0 Å². The molecule has 0 unspecified atom stereocenters. The van der Waals surface area contributed by atoms with Crippen molar-refractivity contribution in [2.45, 2.75) is 0 Å². The van der Waals surface area contributed by atoms with Gasteiger partial charge in [0.05, 0.1) is 35.2 Å². The van der Waals surface area contributed by atoms with E-state index in [9.17, 15) is 0 Å². The summed E-state index contributed by atoms with van der Waals surface area (Å²) in [4.78, 5) is 13.4. The molecule has 0 saturated carbocycles. The van der Waals surface area contributed by atoms with E-state index in [2.05, 4.69) is 43.3 Å². The predicted molar refractivity (Wildman–Crippen MR) is 127 cm³/mol. The molecule has 0 radical (unpaired) electrons. The lowest BCUT2D eigenvalue weighted by Gasteiger charge is -2.34. The maximum absolute atomic E-state index is 6.61. The third kappa shape index (κ3) is 4.06. The standard InChI is InChI=1S/C23H24ClN7O/c1-29-9-11-30(12-10-29)21-6-4-17(13-19(21)24)27-23-26-15-18-5-7-20(31(18)28-23)16-3-8-22(32-2)25-14-16/h3-8,13-15H,9-12H2,1-2H3,(H,27,28). The largest absolute Gasteiger partial charge is 0.481 e. The number of aromatic nitrogens is 4. The lowest BCUT2D eigenvalue weighted by molar-refractivity contribution is 0.313. The van der Waals surface area contributed by atoms with Gasteiger partial charge in [-0.1, -0.05) is 11.6 Å². The monoisotopic (exact) mass is 449 g/mol. The number of nitrogens with one attached hydrogen (secondary N) is 1. The van der Waals surface area contributed by atoms with Crippen LogP contribution in [-0.2, 0) is 0 Å². The average molecular weight is 450 g/mol. The Hall–Kier alpha value is -3.36. The van der Waals surface area contributed by atoms with E-state index in [4.69, 9.17) is 16.3 Å². The molecule has 164 valence electrons. The van der Waals surface area contributed by atoms with Gasteiger partial charge in [-0.15, -0.1) is 5.10 Å². The number of ether oxygens (including phenoxy) is 1. The third-order valence-electron chi connectivity index (χ3n) is 5.69. The minimum atomic E-state index is 0.486. The van der Waals surface area contributed by atoms with Crippen LogP contribution in [0.15, 0.2) is 54.9 Å². The van der Waals surface area contributed by atoms with E-state index in [0.29, 0.717) is 16.9 Å². The summed E-state index contributed by atoms with van der Waals surface area (Å²) in [5.41, 5.74) is 4.65. The van der Waals surface area contributed by atoms with E-state index in [1.54, 1.807) is 19.5 Å². The first kappa shape index (κ1) is 20.5. The molecular formula is C23H24ClN7O. The second kappa shape index (κ2) is 8.64. The molecule has 0 bridgehead atoms. The lowest BCUT2D eigenvalue weighted by Crippen LogP contribution is -2.44. The Balaban J connectivity index is 1.38. The molecule has 1 aliphatic rings. The van der Waals surface area contributed by atoms with Crippen molar-refractivity contribution in [3.8, 4) is 17.1 Å². The molecule has 1 aliphatic heterocycles. The van der Waals surface area contributed by atoms with Crippen molar-refractivity contribution in [2.75, 3.05) is 50.6 Å². The summed E-state index contributed by atoms with van der Waals surface area (Å²) in [6.45, 7) is 4.01. The zero-order valence-corrected chi connectivity index (χ0v) is 18.8. The first-order valence-electron chi connectivity index (χ1n) is 10.5. The summed E-state index contributed by atoms with van der Waals surface area (Å²) >= 11 is 6.61. The second-order valence-corrected chi connectivity index (χ2v) is 8.21. The van der Waals surface area contributed by atoms with Gasteiger partial charge in [0.2, 0.25) is 11.8 Å². The summed E-state index contributed by atoms with van der Waals surface area (Å²) in [6, 6.07) is 13.8. The molecule has 8 nitrogen and oxygen atoms in total. The fourth-order valence-electron chi connectivity index (χ4n) is 3.85. The van der Waals surface area contributed by atoms with Crippen LogP contribution in [0.5, 0.6) is 5.88 Å². The Morgan fingerprint density at radius 2 is 1.81 bits per heavy atom. The summed E-state index contributed by atoms with van der Waals surface area (Å²) in [5, 5.41) is 8.66. The molecule has 5 rings (SSSR count). The van der Waals surface area contributed by atoms with Crippen molar-refractivity contribution >= 4 is 34.4 Å². The number of nitrogens with zero attached hydrogens (tertiary/aromatic N) is 6. The molecule has 0 spiro atoms. The summed E-state index contributed by atoms with van der Waals surface area (Å²) in [5.74, 6) is 1.06. The van der Waals surface area contributed by atoms with Gasteiger partial charge in [-0.3, -0.25) is 0 Å². The van der Waals surface area contributed by atoms with Gasteiger partial charge in [-0.2, -0.15) is 0 Å². The molecule has 1 N–H and O–H groups in total. The SMILES string of the molecule is COc1ccc(-c2ccc3cnc(Nc4ccc(N5CCN(C)CC5)c(Cl)c4)nn23)cn1. The molecule has 1 aromatic carbocycles. The highest BCUT2D eigenvalue weighted by Gasteiger charge is 2.17.